The Balaban J connectivity index is 0.933. The van der Waals surface area contributed by atoms with Crippen molar-refractivity contribution in [3.63, 3.8) is 0 Å². The number of hydrogen-bond acceptors (Lipinski definition) is 29. The number of ether oxygens (including phenoxy) is 15. The van der Waals surface area contributed by atoms with E-state index >= 15 is 0 Å². The van der Waals surface area contributed by atoms with Gasteiger partial charge in [0.05, 0.1) is 79.3 Å². The predicted molar refractivity (Wildman–Crippen MR) is 446 cm³/mol. The Morgan fingerprint density at radius 2 is 0.592 bits per heavy atom. The minimum absolute atomic E-state index is 0.0486. The van der Waals surface area contributed by atoms with Crippen LogP contribution >= 0.6 is 0 Å². The Bertz CT molecular complexity index is 3110. The standard InChI is InChI=1S/C86H143N9O30/c1-57-77(120-63(7)99)74(93-60(4)96)80-117-54-84(57,123-80)51-111-41-21-18-28-67(103)87-35-24-38-90-70(106)32-44-114-48-83(47-66(102)27-16-14-12-10-11-13-15-17-31-73(109)110,49-115-45-33-71(107)91-39-25-36-88-68(104)29-19-22-42-112-52-85-55-118-81(124-85)75(94-61(5)97)78(58(85)2)121-64(8)100)50-116-46-34-72(108)92-40-26-37-89-69(105)30-20-23-43-113-53-86-56-119-82(125-86)76(95-62(6)98)79(59(86)3)122-65(9)101/h57-59,74-82H,10-56H2,1-9H3,(H,87,103)(H,88,104)(H,89,105)(H,90,106)(H,91,107)(H,92,108)(H,93,96)(H,94,97)(H,95,98)(H,109,110)/t57-,58-,59-,74-,75-,76-,77+,78+,79+,80+,81+,82+,84+,85+,86+/m1/s1. The molecule has 6 saturated heterocycles. The number of carboxylic acid groups (broad SMARTS) is 1. The molecule has 0 radical (unpaired) electrons. The summed E-state index contributed by atoms with van der Waals surface area (Å²) < 4.78 is 89.8. The molecule has 6 fully saturated rings. The Labute approximate surface area is 733 Å². The van der Waals surface area contributed by atoms with Crippen LogP contribution in [0.2, 0.25) is 0 Å². The molecule has 6 heterocycles. The minimum atomic E-state index is -1.14. The molecule has 9 amide bonds. The zero-order valence-electron chi connectivity index (χ0n) is 74.9. The highest BCUT2D eigenvalue weighted by Gasteiger charge is 2.62. The minimum Gasteiger partial charge on any atom is -0.481 e. The van der Waals surface area contributed by atoms with E-state index in [0.29, 0.717) is 110 Å². The number of carboxylic acids is 1. The molecule has 6 aliphatic heterocycles. The van der Waals surface area contributed by atoms with Gasteiger partial charge >= 0.3 is 23.9 Å². The number of ketones is 1. The van der Waals surface area contributed by atoms with Crippen LogP contribution in [0.5, 0.6) is 0 Å². The van der Waals surface area contributed by atoms with Crippen LogP contribution in [0.15, 0.2) is 0 Å². The van der Waals surface area contributed by atoms with Crippen LogP contribution in [0.4, 0.5) is 0 Å². The van der Waals surface area contributed by atoms with Gasteiger partial charge in [0.25, 0.3) is 0 Å². The van der Waals surface area contributed by atoms with Crippen LogP contribution in [-0.4, -0.2) is 298 Å². The first-order valence-corrected chi connectivity index (χ1v) is 44.8. The summed E-state index contributed by atoms with van der Waals surface area (Å²) in [5.74, 6) is -5.88. The first kappa shape index (κ1) is 106. The number of fused-ring (bicyclic) bond motifs is 6. The predicted octanol–water partition coefficient (Wildman–Crippen LogP) is 3.16. The SMILES string of the molecule is CC(=O)N[C@H]1[C@H]2OC[C@](COCCCCC(=O)NCCCNC(=O)CCOCC(COCCC(=O)NCCCNC(=O)CCCCOC[C@@]34CO[C@@H](O3)[C@H](NC(C)=O)[C@@H](OC(C)=O)[C@H]4C)(COCCC(=O)NCCCNC(=O)CCCCOC[C@@]34CO[C@@H](O3)[C@H](NC(C)=O)[C@@H](OC(C)=O)[C@H]4C)CC(=O)CCCCCCCCCCC(=O)O)(O2)[C@H](C)[C@@H]1OC(C)=O. The van der Waals surface area contributed by atoms with Crippen molar-refractivity contribution >= 4 is 82.8 Å². The maximum atomic E-state index is 14.1. The molecule has 125 heavy (non-hydrogen) atoms. The molecule has 15 atom stereocenters. The van der Waals surface area contributed by atoms with Gasteiger partial charge in [0, 0.05) is 182 Å². The normalized spacial score (nSPS) is 25.1. The lowest BCUT2D eigenvalue weighted by molar-refractivity contribution is -0.223. The van der Waals surface area contributed by atoms with Gasteiger partial charge in [-0.25, -0.2) is 0 Å². The number of carbonyl (C=O) groups is 14. The lowest BCUT2D eigenvalue weighted by atomic mass is 9.81. The summed E-state index contributed by atoms with van der Waals surface area (Å²) in [5, 5.41) is 34.5. The number of aliphatic carboxylic acids is 1. The summed E-state index contributed by atoms with van der Waals surface area (Å²) >= 11 is 0. The van der Waals surface area contributed by atoms with E-state index < -0.39 is 101 Å². The van der Waals surface area contributed by atoms with Crippen molar-refractivity contribution in [3.8, 4) is 0 Å². The van der Waals surface area contributed by atoms with E-state index in [1.165, 1.54) is 41.5 Å². The molecule has 712 valence electrons. The molecule has 0 unspecified atom stereocenters. The average molecular weight is 1780 g/mol. The number of rotatable bonds is 67. The first-order chi connectivity index (χ1) is 59.8. The lowest BCUT2D eigenvalue weighted by Gasteiger charge is -2.45. The molecule has 0 spiro atoms. The van der Waals surface area contributed by atoms with E-state index in [2.05, 4.69) is 47.9 Å². The number of carbonyl (C=O) groups excluding carboxylic acids is 13. The number of nitrogens with one attached hydrogen (secondary N) is 9. The van der Waals surface area contributed by atoms with Crippen molar-refractivity contribution in [1.29, 1.82) is 0 Å². The second-order valence-corrected chi connectivity index (χ2v) is 33.9. The first-order valence-electron chi connectivity index (χ1n) is 44.8. The maximum absolute atomic E-state index is 14.1. The molecule has 0 saturated carbocycles. The number of amides is 9. The Morgan fingerprint density at radius 3 is 0.864 bits per heavy atom. The number of esters is 3. The van der Waals surface area contributed by atoms with Gasteiger partial charge < -0.3 is 124 Å². The Morgan fingerprint density at radius 1 is 0.328 bits per heavy atom. The topological polar surface area (TPSA) is 506 Å². The Kier molecular flexibility index (Phi) is 48.0. The van der Waals surface area contributed by atoms with Crippen molar-refractivity contribution in [1.82, 2.24) is 47.9 Å². The zero-order valence-corrected chi connectivity index (χ0v) is 74.9. The molecule has 6 bridgehead atoms. The van der Waals surface area contributed by atoms with Gasteiger partial charge in [-0.1, -0.05) is 59.3 Å². The van der Waals surface area contributed by atoms with Crippen molar-refractivity contribution < 1.29 is 143 Å². The molecule has 0 aliphatic carbocycles. The lowest BCUT2D eigenvalue weighted by Crippen LogP contribution is -2.63. The van der Waals surface area contributed by atoms with Gasteiger partial charge in [0.2, 0.25) is 53.2 Å². The second kappa shape index (κ2) is 56.6. The molecule has 39 heteroatoms. The summed E-state index contributed by atoms with van der Waals surface area (Å²) in [6, 6.07) is -2.05. The number of hydrogen-bond donors (Lipinski definition) is 10. The maximum Gasteiger partial charge on any atom is 0.303 e. The van der Waals surface area contributed by atoms with Crippen molar-refractivity contribution in [2.45, 2.75) is 301 Å². The fraction of sp³-hybridized carbons (Fsp3) is 0.837. The highest BCUT2D eigenvalue weighted by atomic mass is 16.8. The van der Waals surface area contributed by atoms with E-state index in [4.69, 9.17) is 76.2 Å². The Hall–Kier alpha value is -7.70. The van der Waals surface area contributed by atoms with Gasteiger partial charge in [-0.3, -0.25) is 67.1 Å². The number of unbranched alkanes of at least 4 members (excludes halogenated alkanes) is 10. The molecular weight excluding hydrogens is 1640 g/mol. The number of Topliss-reactive ketones (excluding diaryl/α,β-unsaturated/α-hetero) is 1. The molecule has 10 N–H and O–H groups in total. The van der Waals surface area contributed by atoms with Crippen LogP contribution in [0.25, 0.3) is 0 Å². The fourth-order valence-electron chi connectivity index (χ4n) is 16.2. The summed E-state index contributed by atoms with van der Waals surface area (Å²) in [6.07, 6.45) is 7.64. The molecule has 6 aliphatic rings. The van der Waals surface area contributed by atoms with E-state index in [-0.39, 0.29) is 233 Å². The fourth-order valence-corrected chi connectivity index (χ4v) is 16.2. The summed E-state index contributed by atoms with van der Waals surface area (Å²) in [7, 11) is 0. The highest BCUT2D eigenvalue weighted by molar-refractivity contribution is 5.80. The van der Waals surface area contributed by atoms with Gasteiger partial charge in [0.1, 0.15) is 59.0 Å². The smallest absolute Gasteiger partial charge is 0.303 e. The van der Waals surface area contributed by atoms with Crippen molar-refractivity contribution in [2.75, 3.05) is 138 Å². The van der Waals surface area contributed by atoms with Crippen molar-refractivity contribution in [3.05, 3.63) is 0 Å². The molecule has 0 aromatic carbocycles. The molecule has 6 rings (SSSR count). The monoisotopic (exact) mass is 1780 g/mol. The molecule has 39 nitrogen and oxygen atoms in total. The molecule has 0 aromatic heterocycles. The van der Waals surface area contributed by atoms with Crippen LogP contribution in [0.3, 0.4) is 0 Å². The molecule has 0 aromatic rings. The third-order valence-electron chi connectivity index (χ3n) is 23.1. The second-order valence-electron chi connectivity index (χ2n) is 33.9. The largest absolute Gasteiger partial charge is 0.481 e. The van der Waals surface area contributed by atoms with Gasteiger partial charge in [-0.15, -0.1) is 0 Å². The van der Waals surface area contributed by atoms with Gasteiger partial charge in [-0.05, 0) is 70.6 Å². The summed E-state index contributed by atoms with van der Waals surface area (Å²) in [5.41, 5.74) is -3.83. The van der Waals surface area contributed by atoms with Crippen LogP contribution in [-0.2, 0) is 138 Å². The quantitative estimate of drug-likeness (QED) is 0.0237. The van der Waals surface area contributed by atoms with Gasteiger partial charge in [0.15, 0.2) is 18.9 Å². The van der Waals surface area contributed by atoms with Crippen LogP contribution < -0.4 is 47.9 Å². The molecular formula is C86H143N9O30. The van der Waals surface area contributed by atoms with Crippen LogP contribution in [0, 0.1) is 23.2 Å². The summed E-state index contributed by atoms with van der Waals surface area (Å²) in [4.78, 5) is 175. The van der Waals surface area contributed by atoms with Gasteiger partial charge in [-0.2, -0.15) is 0 Å². The van der Waals surface area contributed by atoms with Crippen molar-refractivity contribution in [2.24, 2.45) is 23.2 Å². The highest BCUT2D eigenvalue weighted by Crippen LogP contribution is 2.45. The van der Waals surface area contributed by atoms with E-state index in [1.54, 1.807) is 0 Å². The third kappa shape index (κ3) is 38.3. The average Bonchev–Trinajstić information content (AvgIpc) is 1.63. The zero-order chi connectivity index (χ0) is 91.2. The third-order valence-corrected chi connectivity index (χ3v) is 23.1. The van der Waals surface area contributed by atoms with E-state index in [9.17, 15) is 67.1 Å². The summed E-state index contributed by atoms with van der Waals surface area (Å²) in [6.45, 7) is 16.8. The van der Waals surface area contributed by atoms with Crippen LogP contribution in [0.1, 0.15) is 229 Å². The van der Waals surface area contributed by atoms with E-state index in [1.807, 2.05) is 20.8 Å². The van der Waals surface area contributed by atoms with E-state index in [0.717, 1.165) is 38.5 Å².